The Morgan fingerprint density at radius 2 is 2.06 bits per heavy atom. The van der Waals surface area contributed by atoms with Gasteiger partial charge in [0.15, 0.2) is 0 Å². The van der Waals surface area contributed by atoms with E-state index < -0.39 is 5.91 Å². The molecule has 17 heavy (non-hydrogen) atoms. The molecule has 1 heterocycles. The lowest BCUT2D eigenvalue weighted by Crippen LogP contribution is -2.31. The number of carbonyl (C=O) groups is 2. The fourth-order valence-corrected chi connectivity index (χ4v) is 1.58. The standard InChI is InChI=1S/C12H13N3O2/c13-6-5-11(16)15-12(17)10-7-8-3-1-2-4-9(8)14-10/h1-4,7,14H,5-6,13H2,(H,15,16,17). The van der Waals surface area contributed by atoms with E-state index in [2.05, 4.69) is 10.3 Å². The number of rotatable bonds is 3. The molecule has 2 rings (SSSR count). The van der Waals surface area contributed by atoms with E-state index in [0.717, 1.165) is 10.9 Å². The minimum absolute atomic E-state index is 0.145. The molecule has 4 N–H and O–H groups in total. The summed E-state index contributed by atoms with van der Waals surface area (Å²) >= 11 is 0. The predicted molar refractivity (Wildman–Crippen MR) is 64.4 cm³/mol. The molecule has 0 saturated carbocycles. The smallest absolute Gasteiger partial charge is 0.274 e. The molecule has 1 aromatic carbocycles. The predicted octanol–water partition coefficient (Wildman–Crippen LogP) is 0.773. The number of nitrogens with one attached hydrogen (secondary N) is 2. The third-order valence-corrected chi connectivity index (χ3v) is 2.40. The molecule has 0 aliphatic carbocycles. The lowest BCUT2D eigenvalue weighted by atomic mass is 10.2. The number of benzene rings is 1. The van der Waals surface area contributed by atoms with Crippen LogP contribution in [-0.2, 0) is 4.79 Å². The van der Waals surface area contributed by atoms with Gasteiger partial charge in [0.2, 0.25) is 5.91 Å². The van der Waals surface area contributed by atoms with Gasteiger partial charge in [0.05, 0.1) is 0 Å². The number of hydrogen-bond acceptors (Lipinski definition) is 3. The van der Waals surface area contributed by atoms with Gasteiger partial charge in [0, 0.05) is 23.9 Å². The molecule has 0 unspecified atom stereocenters. The van der Waals surface area contributed by atoms with Crippen LogP contribution in [0.4, 0.5) is 0 Å². The largest absolute Gasteiger partial charge is 0.351 e. The molecule has 2 aromatic rings. The van der Waals surface area contributed by atoms with Gasteiger partial charge in [-0.2, -0.15) is 0 Å². The normalized spacial score (nSPS) is 10.4. The molecule has 5 nitrogen and oxygen atoms in total. The minimum atomic E-state index is -0.431. The average molecular weight is 231 g/mol. The SMILES string of the molecule is NCCC(=O)NC(=O)c1cc2ccccc2[nH]1. The number of H-pyrrole nitrogens is 1. The van der Waals surface area contributed by atoms with Gasteiger partial charge < -0.3 is 10.7 Å². The number of hydrogen-bond donors (Lipinski definition) is 3. The van der Waals surface area contributed by atoms with Crippen LogP contribution in [-0.4, -0.2) is 23.3 Å². The van der Waals surface area contributed by atoms with Crippen molar-refractivity contribution in [2.24, 2.45) is 5.73 Å². The number of imide groups is 1. The fraction of sp³-hybridized carbons (Fsp3) is 0.167. The summed E-state index contributed by atoms with van der Waals surface area (Å²) in [5, 5.41) is 3.20. The number of aromatic amines is 1. The Morgan fingerprint density at radius 3 is 2.76 bits per heavy atom. The number of aromatic nitrogens is 1. The second kappa shape index (κ2) is 4.80. The van der Waals surface area contributed by atoms with Gasteiger partial charge in [-0.1, -0.05) is 18.2 Å². The van der Waals surface area contributed by atoms with Gasteiger partial charge >= 0.3 is 0 Å². The number of amides is 2. The average Bonchev–Trinajstić information content (AvgIpc) is 2.72. The van der Waals surface area contributed by atoms with E-state index in [1.807, 2.05) is 24.3 Å². The van der Waals surface area contributed by atoms with E-state index in [1.165, 1.54) is 0 Å². The van der Waals surface area contributed by atoms with Crippen LogP contribution < -0.4 is 11.1 Å². The molecule has 0 radical (unpaired) electrons. The summed E-state index contributed by atoms with van der Waals surface area (Å²) < 4.78 is 0. The van der Waals surface area contributed by atoms with Crippen LogP contribution in [0.3, 0.4) is 0 Å². The molecule has 0 bridgehead atoms. The number of nitrogens with two attached hydrogens (primary N) is 1. The highest BCUT2D eigenvalue weighted by molar-refractivity contribution is 6.06. The Hall–Kier alpha value is -2.14. The van der Waals surface area contributed by atoms with Crippen LogP contribution in [0.5, 0.6) is 0 Å². The zero-order valence-electron chi connectivity index (χ0n) is 9.19. The third kappa shape index (κ3) is 2.51. The Bertz CT molecular complexity index is 527. The van der Waals surface area contributed by atoms with Crippen molar-refractivity contribution in [1.29, 1.82) is 0 Å². The first-order valence-corrected chi connectivity index (χ1v) is 5.32. The molecular weight excluding hydrogens is 218 g/mol. The second-order valence-corrected chi connectivity index (χ2v) is 3.69. The fourth-order valence-electron chi connectivity index (χ4n) is 1.58. The summed E-state index contributed by atoms with van der Waals surface area (Å²) in [6.07, 6.45) is 0.145. The van der Waals surface area contributed by atoms with Crippen molar-refractivity contribution >= 4 is 22.7 Å². The number of para-hydroxylation sites is 1. The van der Waals surface area contributed by atoms with Gasteiger partial charge in [0.1, 0.15) is 5.69 Å². The maximum Gasteiger partial charge on any atom is 0.274 e. The first kappa shape index (κ1) is 11.3. The summed E-state index contributed by atoms with van der Waals surface area (Å²) in [5.41, 5.74) is 6.46. The zero-order valence-corrected chi connectivity index (χ0v) is 9.19. The molecule has 5 heteroatoms. The topological polar surface area (TPSA) is 88.0 Å². The zero-order chi connectivity index (χ0) is 12.3. The maximum absolute atomic E-state index is 11.7. The molecule has 0 spiro atoms. The van der Waals surface area contributed by atoms with Gasteiger partial charge in [-0.15, -0.1) is 0 Å². The van der Waals surface area contributed by atoms with Crippen LogP contribution in [0.1, 0.15) is 16.9 Å². The number of fused-ring (bicyclic) bond motifs is 1. The Balaban J connectivity index is 2.16. The Morgan fingerprint density at radius 1 is 1.29 bits per heavy atom. The quantitative estimate of drug-likeness (QED) is 0.729. The van der Waals surface area contributed by atoms with Crippen molar-refractivity contribution in [1.82, 2.24) is 10.3 Å². The molecule has 2 amide bonds. The molecule has 0 saturated heterocycles. The van der Waals surface area contributed by atoms with E-state index in [0.29, 0.717) is 5.69 Å². The molecule has 1 aromatic heterocycles. The molecular formula is C12H13N3O2. The molecule has 0 atom stereocenters. The maximum atomic E-state index is 11.7. The molecule has 0 fully saturated rings. The summed E-state index contributed by atoms with van der Waals surface area (Å²) in [5.74, 6) is -0.796. The second-order valence-electron chi connectivity index (χ2n) is 3.69. The molecule has 0 aliphatic rings. The highest BCUT2D eigenvalue weighted by atomic mass is 16.2. The van der Waals surface area contributed by atoms with Crippen LogP contribution in [0.15, 0.2) is 30.3 Å². The van der Waals surface area contributed by atoms with Crippen molar-refractivity contribution in [3.63, 3.8) is 0 Å². The van der Waals surface area contributed by atoms with E-state index >= 15 is 0 Å². The van der Waals surface area contributed by atoms with Crippen molar-refractivity contribution in [2.75, 3.05) is 6.54 Å². The van der Waals surface area contributed by atoms with E-state index in [9.17, 15) is 9.59 Å². The van der Waals surface area contributed by atoms with Crippen molar-refractivity contribution < 1.29 is 9.59 Å². The number of carbonyl (C=O) groups excluding carboxylic acids is 2. The van der Waals surface area contributed by atoms with Crippen LogP contribution in [0, 0.1) is 0 Å². The first-order chi connectivity index (χ1) is 8.20. The summed E-state index contributed by atoms with van der Waals surface area (Å²) in [6.45, 7) is 0.228. The highest BCUT2D eigenvalue weighted by Gasteiger charge is 2.11. The monoisotopic (exact) mass is 231 g/mol. The van der Waals surface area contributed by atoms with Crippen molar-refractivity contribution in [3.05, 3.63) is 36.0 Å². The van der Waals surface area contributed by atoms with Gasteiger partial charge in [-0.3, -0.25) is 14.9 Å². The van der Waals surface area contributed by atoms with E-state index in [-0.39, 0.29) is 18.9 Å². The van der Waals surface area contributed by atoms with Gasteiger partial charge in [0.25, 0.3) is 5.91 Å². The summed E-state index contributed by atoms with van der Waals surface area (Å²) in [7, 11) is 0. The van der Waals surface area contributed by atoms with Crippen LogP contribution in [0.2, 0.25) is 0 Å². The van der Waals surface area contributed by atoms with Gasteiger partial charge in [-0.25, -0.2) is 0 Å². The van der Waals surface area contributed by atoms with Crippen LogP contribution in [0.25, 0.3) is 10.9 Å². The third-order valence-electron chi connectivity index (χ3n) is 2.40. The summed E-state index contributed by atoms with van der Waals surface area (Å²) in [4.78, 5) is 25.9. The van der Waals surface area contributed by atoms with Crippen molar-refractivity contribution in [3.8, 4) is 0 Å². The lowest BCUT2D eigenvalue weighted by molar-refractivity contribution is -0.119. The van der Waals surface area contributed by atoms with E-state index in [4.69, 9.17) is 5.73 Å². The Kier molecular flexibility index (Phi) is 3.20. The molecule has 0 aliphatic heterocycles. The highest BCUT2D eigenvalue weighted by Crippen LogP contribution is 2.14. The van der Waals surface area contributed by atoms with Crippen molar-refractivity contribution in [2.45, 2.75) is 6.42 Å². The Labute approximate surface area is 98.0 Å². The first-order valence-electron chi connectivity index (χ1n) is 5.32. The summed E-state index contributed by atoms with van der Waals surface area (Å²) in [6, 6.07) is 9.23. The van der Waals surface area contributed by atoms with Crippen LogP contribution >= 0.6 is 0 Å². The molecule has 88 valence electrons. The van der Waals surface area contributed by atoms with Gasteiger partial charge in [-0.05, 0) is 12.1 Å². The van der Waals surface area contributed by atoms with E-state index in [1.54, 1.807) is 6.07 Å². The minimum Gasteiger partial charge on any atom is -0.351 e. The lowest BCUT2D eigenvalue weighted by Gasteiger charge is -2.00.